The number of anilines is 1. The van der Waals surface area contributed by atoms with E-state index in [1.165, 1.54) is 0 Å². The first kappa shape index (κ1) is 22.6. The molecule has 31 heavy (non-hydrogen) atoms. The SMILES string of the molecule is O=C(CN(c1ccccc1)S(=O)(=O)c1ccc(F)cc1)NCCOc1ccccc1Cl. The van der Waals surface area contributed by atoms with Crippen LogP contribution in [-0.2, 0) is 14.8 Å². The van der Waals surface area contributed by atoms with E-state index in [1.807, 2.05) is 0 Å². The molecule has 0 spiro atoms. The fraction of sp³-hybridized carbons (Fsp3) is 0.136. The van der Waals surface area contributed by atoms with Crippen molar-refractivity contribution in [2.24, 2.45) is 0 Å². The summed E-state index contributed by atoms with van der Waals surface area (Å²) in [5.74, 6) is -0.581. The van der Waals surface area contributed by atoms with E-state index in [-0.39, 0.29) is 18.0 Å². The molecule has 9 heteroatoms. The highest BCUT2D eigenvalue weighted by Crippen LogP contribution is 2.24. The Hall–Kier alpha value is -3.10. The van der Waals surface area contributed by atoms with Crippen LogP contribution in [0.1, 0.15) is 0 Å². The van der Waals surface area contributed by atoms with E-state index < -0.39 is 28.3 Å². The smallest absolute Gasteiger partial charge is 0.264 e. The third-order valence-electron chi connectivity index (χ3n) is 4.25. The number of carbonyl (C=O) groups excluding carboxylic acids is 1. The van der Waals surface area contributed by atoms with Gasteiger partial charge < -0.3 is 10.1 Å². The second-order valence-electron chi connectivity index (χ2n) is 6.43. The van der Waals surface area contributed by atoms with Crippen molar-refractivity contribution < 1.29 is 22.3 Å². The fourth-order valence-corrected chi connectivity index (χ4v) is 4.35. The molecule has 0 saturated heterocycles. The van der Waals surface area contributed by atoms with Crippen molar-refractivity contribution in [3.05, 3.63) is 89.7 Å². The number of hydrogen-bond donors (Lipinski definition) is 1. The zero-order valence-corrected chi connectivity index (χ0v) is 17.9. The summed E-state index contributed by atoms with van der Waals surface area (Å²) in [6.45, 7) is -0.134. The number of nitrogens with zero attached hydrogens (tertiary/aromatic N) is 1. The molecule has 0 saturated carbocycles. The molecule has 3 aromatic rings. The maximum absolute atomic E-state index is 13.2. The third-order valence-corrected chi connectivity index (χ3v) is 6.35. The van der Waals surface area contributed by atoms with Crippen molar-refractivity contribution in [2.45, 2.75) is 4.90 Å². The Labute approximate surface area is 185 Å². The van der Waals surface area contributed by atoms with Gasteiger partial charge in [-0.1, -0.05) is 41.9 Å². The summed E-state index contributed by atoms with van der Waals surface area (Å²) < 4.78 is 46.0. The molecule has 0 aromatic heterocycles. The number of nitrogens with one attached hydrogen (secondary N) is 1. The van der Waals surface area contributed by atoms with Crippen LogP contribution in [0.25, 0.3) is 0 Å². The molecule has 0 unspecified atom stereocenters. The minimum absolute atomic E-state index is 0.118. The van der Waals surface area contributed by atoms with Crippen LogP contribution in [0, 0.1) is 5.82 Å². The van der Waals surface area contributed by atoms with E-state index in [4.69, 9.17) is 16.3 Å². The van der Waals surface area contributed by atoms with E-state index in [0.717, 1.165) is 28.6 Å². The van der Waals surface area contributed by atoms with Crippen molar-refractivity contribution in [3.8, 4) is 5.75 Å². The quantitative estimate of drug-likeness (QED) is 0.490. The molecule has 0 radical (unpaired) electrons. The molecule has 0 heterocycles. The van der Waals surface area contributed by atoms with Crippen molar-refractivity contribution in [2.75, 3.05) is 24.0 Å². The highest BCUT2D eigenvalue weighted by Gasteiger charge is 2.27. The van der Waals surface area contributed by atoms with Gasteiger partial charge in [0, 0.05) is 0 Å². The highest BCUT2D eigenvalue weighted by atomic mass is 35.5. The Morgan fingerprint density at radius 2 is 1.61 bits per heavy atom. The van der Waals surface area contributed by atoms with Crippen LogP contribution in [0.2, 0.25) is 5.02 Å². The van der Waals surface area contributed by atoms with Gasteiger partial charge >= 0.3 is 0 Å². The lowest BCUT2D eigenvalue weighted by molar-refractivity contribution is -0.119. The molecular weight excluding hydrogens is 443 g/mol. The number of rotatable bonds is 9. The van der Waals surface area contributed by atoms with Gasteiger partial charge in [0.2, 0.25) is 5.91 Å². The number of benzene rings is 3. The molecule has 0 aliphatic rings. The maximum Gasteiger partial charge on any atom is 0.264 e. The van der Waals surface area contributed by atoms with E-state index in [2.05, 4.69) is 5.32 Å². The van der Waals surface area contributed by atoms with Crippen LogP contribution in [0.4, 0.5) is 10.1 Å². The Morgan fingerprint density at radius 1 is 0.968 bits per heavy atom. The van der Waals surface area contributed by atoms with Gasteiger partial charge in [-0.05, 0) is 48.5 Å². The summed E-state index contributed by atoms with van der Waals surface area (Å²) in [5.41, 5.74) is 0.314. The standard InChI is InChI=1S/C22H20ClFN2O4S/c23-20-8-4-5-9-21(20)30-15-14-25-22(27)16-26(18-6-2-1-3-7-18)31(28,29)19-12-10-17(24)11-13-19/h1-13H,14-16H2,(H,25,27). The molecule has 3 rings (SSSR count). The van der Waals surface area contributed by atoms with Gasteiger partial charge in [0.25, 0.3) is 10.0 Å². The monoisotopic (exact) mass is 462 g/mol. The zero-order valence-electron chi connectivity index (χ0n) is 16.4. The number of halogens is 2. The number of carbonyl (C=O) groups is 1. The van der Waals surface area contributed by atoms with Crippen LogP contribution >= 0.6 is 11.6 Å². The fourth-order valence-electron chi connectivity index (χ4n) is 2.74. The largest absolute Gasteiger partial charge is 0.490 e. The van der Waals surface area contributed by atoms with Crippen LogP contribution < -0.4 is 14.4 Å². The van der Waals surface area contributed by atoms with Crippen molar-refractivity contribution in [1.29, 1.82) is 0 Å². The van der Waals surface area contributed by atoms with Crippen molar-refractivity contribution in [3.63, 3.8) is 0 Å². The van der Waals surface area contributed by atoms with E-state index >= 15 is 0 Å². The number of sulfonamides is 1. The van der Waals surface area contributed by atoms with E-state index in [1.54, 1.807) is 54.6 Å². The summed E-state index contributed by atoms with van der Waals surface area (Å²) in [6, 6.07) is 19.6. The van der Waals surface area contributed by atoms with Gasteiger partial charge in [0.1, 0.15) is 24.7 Å². The molecule has 6 nitrogen and oxygen atoms in total. The molecule has 3 aromatic carbocycles. The molecule has 1 amide bonds. The first-order chi connectivity index (χ1) is 14.9. The Kier molecular flexibility index (Phi) is 7.49. The number of para-hydroxylation sites is 2. The molecule has 0 aliphatic carbocycles. The van der Waals surface area contributed by atoms with Crippen LogP contribution in [0.3, 0.4) is 0 Å². The predicted molar refractivity (Wildman–Crippen MR) is 117 cm³/mol. The van der Waals surface area contributed by atoms with Crippen LogP contribution in [0.15, 0.2) is 83.8 Å². The van der Waals surface area contributed by atoms with E-state index in [9.17, 15) is 17.6 Å². The summed E-state index contributed by atoms with van der Waals surface area (Å²) in [6.07, 6.45) is 0. The number of amides is 1. The average Bonchev–Trinajstić information content (AvgIpc) is 2.77. The normalized spacial score (nSPS) is 11.0. The van der Waals surface area contributed by atoms with Crippen LogP contribution in [-0.4, -0.2) is 34.0 Å². The molecular formula is C22H20ClFN2O4S. The van der Waals surface area contributed by atoms with Gasteiger partial charge in [0.15, 0.2) is 0 Å². The summed E-state index contributed by atoms with van der Waals surface area (Å²) in [7, 11) is -4.09. The Bertz CT molecular complexity index is 1130. The molecule has 0 bridgehead atoms. The molecule has 0 atom stereocenters. The molecule has 1 N–H and O–H groups in total. The minimum Gasteiger partial charge on any atom is -0.490 e. The molecule has 0 aliphatic heterocycles. The summed E-state index contributed by atoms with van der Waals surface area (Å²) >= 11 is 6.01. The van der Waals surface area contributed by atoms with Gasteiger partial charge in [-0.2, -0.15) is 0 Å². The highest BCUT2D eigenvalue weighted by molar-refractivity contribution is 7.92. The third kappa shape index (κ3) is 5.96. The Balaban J connectivity index is 1.68. The topological polar surface area (TPSA) is 75.7 Å². The van der Waals surface area contributed by atoms with Gasteiger partial charge in [-0.3, -0.25) is 9.10 Å². The van der Waals surface area contributed by atoms with Gasteiger partial charge in [0.05, 0.1) is 22.2 Å². The van der Waals surface area contributed by atoms with E-state index in [0.29, 0.717) is 16.5 Å². The van der Waals surface area contributed by atoms with Crippen LogP contribution in [0.5, 0.6) is 5.75 Å². The first-order valence-corrected chi connectivity index (χ1v) is 11.2. The van der Waals surface area contributed by atoms with Gasteiger partial charge in [-0.25, -0.2) is 12.8 Å². The number of ether oxygens (including phenoxy) is 1. The van der Waals surface area contributed by atoms with Gasteiger partial charge in [-0.15, -0.1) is 0 Å². The summed E-state index contributed by atoms with van der Waals surface area (Å²) in [4.78, 5) is 12.4. The number of hydrogen-bond acceptors (Lipinski definition) is 4. The second kappa shape index (κ2) is 10.3. The second-order valence-corrected chi connectivity index (χ2v) is 8.70. The summed E-state index contributed by atoms with van der Waals surface area (Å²) in [5, 5.41) is 3.09. The van der Waals surface area contributed by atoms with Crippen molar-refractivity contribution in [1.82, 2.24) is 5.32 Å². The average molecular weight is 463 g/mol. The molecule has 0 fully saturated rings. The first-order valence-electron chi connectivity index (χ1n) is 9.35. The minimum atomic E-state index is -4.09. The van der Waals surface area contributed by atoms with Crippen molar-refractivity contribution >= 4 is 33.2 Å². The predicted octanol–water partition coefficient (Wildman–Crippen LogP) is 3.87. The Morgan fingerprint density at radius 3 is 2.29 bits per heavy atom. The molecule has 162 valence electrons. The zero-order chi connectivity index (χ0) is 22.3. The lowest BCUT2D eigenvalue weighted by atomic mass is 10.3. The lowest BCUT2D eigenvalue weighted by Gasteiger charge is -2.24. The maximum atomic E-state index is 13.2. The lowest BCUT2D eigenvalue weighted by Crippen LogP contribution is -2.41.